The highest BCUT2D eigenvalue weighted by Gasteiger charge is 2.09. The van der Waals surface area contributed by atoms with E-state index in [2.05, 4.69) is 63.9 Å². The van der Waals surface area contributed by atoms with Crippen LogP contribution in [-0.4, -0.2) is 22.4 Å². The van der Waals surface area contributed by atoms with Gasteiger partial charge in [0.2, 0.25) is 0 Å². The molecule has 0 unspecified atom stereocenters. The summed E-state index contributed by atoms with van der Waals surface area (Å²) < 4.78 is 0. The Hall–Kier alpha value is -3.60. The molecule has 0 radical (unpaired) electrons. The Morgan fingerprint density at radius 1 is 1.07 bits per heavy atom. The lowest BCUT2D eigenvalue weighted by atomic mass is 10.1. The van der Waals surface area contributed by atoms with Gasteiger partial charge in [-0.25, -0.2) is 0 Å². The number of carbonyl (C=O) groups is 1. The van der Waals surface area contributed by atoms with E-state index < -0.39 is 0 Å². The van der Waals surface area contributed by atoms with Crippen LogP contribution in [0.2, 0.25) is 0 Å². The Balaban J connectivity index is 1.32. The first-order valence-electron chi connectivity index (χ1n) is 9.78. The van der Waals surface area contributed by atoms with Crippen molar-refractivity contribution in [2.45, 2.75) is 19.9 Å². The van der Waals surface area contributed by atoms with Crippen LogP contribution in [0.5, 0.6) is 0 Å². The standard InChI is InChI=1S/C24H24N4O/c1-17-6-8-18(9-7-17)15-27-20-11-13-25-23(14-20)24(29)26-12-10-19-16-28-22-5-3-2-4-21(19)22/h2-9,11,13-14,16,28H,10,12,15H2,1H3,(H,25,27)(H,26,29). The van der Waals surface area contributed by atoms with E-state index in [0.717, 1.165) is 17.6 Å². The number of nitrogens with one attached hydrogen (secondary N) is 3. The third-order valence-electron chi connectivity index (χ3n) is 4.96. The number of fused-ring (bicyclic) bond motifs is 1. The van der Waals surface area contributed by atoms with E-state index in [4.69, 9.17) is 0 Å². The molecule has 2 aromatic carbocycles. The molecule has 2 heterocycles. The Bertz CT molecular complexity index is 1120. The number of amides is 1. The van der Waals surface area contributed by atoms with Crippen LogP contribution in [-0.2, 0) is 13.0 Å². The molecular formula is C24H24N4O. The topological polar surface area (TPSA) is 69.8 Å². The zero-order chi connectivity index (χ0) is 20.1. The number of anilines is 1. The second kappa shape index (κ2) is 8.61. The number of carbonyl (C=O) groups excluding carboxylic acids is 1. The number of aromatic amines is 1. The molecule has 0 saturated heterocycles. The largest absolute Gasteiger partial charge is 0.381 e. The van der Waals surface area contributed by atoms with Crippen molar-refractivity contribution in [3.8, 4) is 0 Å². The predicted octanol–water partition coefficient (Wildman–Crippen LogP) is 4.46. The zero-order valence-corrected chi connectivity index (χ0v) is 16.4. The molecule has 2 aromatic heterocycles. The summed E-state index contributed by atoms with van der Waals surface area (Å²) in [5.41, 5.74) is 6.03. The van der Waals surface area contributed by atoms with Crippen LogP contribution < -0.4 is 10.6 Å². The van der Waals surface area contributed by atoms with Crippen LogP contribution in [0, 0.1) is 6.92 Å². The van der Waals surface area contributed by atoms with Crippen LogP contribution in [0.25, 0.3) is 10.9 Å². The molecule has 0 fully saturated rings. The third-order valence-corrected chi connectivity index (χ3v) is 4.96. The summed E-state index contributed by atoms with van der Waals surface area (Å²) in [5, 5.41) is 7.51. The highest BCUT2D eigenvalue weighted by atomic mass is 16.1. The molecular weight excluding hydrogens is 360 g/mol. The molecule has 3 N–H and O–H groups in total. The molecule has 29 heavy (non-hydrogen) atoms. The Kier molecular flexibility index (Phi) is 5.56. The van der Waals surface area contributed by atoms with Crippen molar-refractivity contribution < 1.29 is 4.79 Å². The maximum atomic E-state index is 12.5. The molecule has 0 atom stereocenters. The van der Waals surface area contributed by atoms with Crippen LogP contribution >= 0.6 is 0 Å². The van der Waals surface area contributed by atoms with E-state index in [0.29, 0.717) is 18.8 Å². The van der Waals surface area contributed by atoms with E-state index >= 15 is 0 Å². The molecule has 0 bridgehead atoms. The van der Waals surface area contributed by atoms with Gasteiger partial charge in [0.1, 0.15) is 5.69 Å². The van der Waals surface area contributed by atoms with Crippen molar-refractivity contribution in [1.29, 1.82) is 0 Å². The SMILES string of the molecule is Cc1ccc(CNc2ccnc(C(=O)NCCc3c[nH]c4ccccc34)c2)cc1. The van der Waals surface area contributed by atoms with Gasteiger partial charge in [0, 0.05) is 42.1 Å². The summed E-state index contributed by atoms with van der Waals surface area (Å²) in [7, 11) is 0. The number of aryl methyl sites for hydroxylation is 1. The highest BCUT2D eigenvalue weighted by molar-refractivity contribution is 5.93. The van der Waals surface area contributed by atoms with Gasteiger partial charge in [-0.3, -0.25) is 9.78 Å². The van der Waals surface area contributed by atoms with Gasteiger partial charge in [-0.1, -0.05) is 48.0 Å². The van der Waals surface area contributed by atoms with Gasteiger partial charge < -0.3 is 15.6 Å². The van der Waals surface area contributed by atoms with Crippen molar-refractivity contribution in [2.24, 2.45) is 0 Å². The number of aromatic nitrogens is 2. The van der Waals surface area contributed by atoms with Crippen molar-refractivity contribution in [2.75, 3.05) is 11.9 Å². The Labute approximate surface area is 170 Å². The highest BCUT2D eigenvalue weighted by Crippen LogP contribution is 2.17. The van der Waals surface area contributed by atoms with Gasteiger partial charge >= 0.3 is 0 Å². The molecule has 5 nitrogen and oxygen atoms in total. The third kappa shape index (κ3) is 4.63. The smallest absolute Gasteiger partial charge is 0.269 e. The summed E-state index contributed by atoms with van der Waals surface area (Å²) in [6, 6.07) is 20.2. The molecule has 0 aliphatic heterocycles. The molecule has 0 aliphatic carbocycles. The van der Waals surface area contributed by atoms with Gasteiger partial charge in [0.25, 0.3) is 5.91 Å². The molecule has 1 amide bonds. The normalized spacial score (nSPS) is 10.8. The fourth-order valence-electron chi connectivity index (χ4n) is 3.31. The summed E-state index contributed by atoms with van der Waals surface area (Å²) in [5.74, 6) is -0.163. The molecule has 0 spiro atoms. The lowest BCUT2D eigenvalue weighted by molar-refractivity contribution is 0.0949. The average molecular weight is 384 g/mol. The second-order valence-electron chi connectivity index (χ2n) is 7.13. The first-order chi connectivity index (χ1) is 14.2. The maximum absolute atomic E-state index is 12.5. The van der Waals surface area contributed by atoms with Crippen molar-refractivity contribution in [3.05, 3.63) is 95.4 Å². The summed E-state index contributed by atoms with van der Waals surface area (Å²) in [6.45, 7) is 3.33. The number of rotatable bonds is 7. The number of pyridine rings is 1. The van der Waals surface area contributed by atoms with Gasteiger partial charge in [0.05, 0.1) is 0 Å². The lowest BCUT2D eigenvalue weighted by Gasteiger charge is -2.09. The van der Waals surface area contributed by atoms with Crippen molar-refractivity contribution in [3.63, 3.8) is 0 Å². The van der Waals surface area contributed by atoms with Gasteiger partial charge in [-0.2, -0.15) is 0 Å². The number of para-hydroxylation sites is 1. The van der Waals surface area contributed by atoms with Crippen LogP contribution in [0.1, 0.15) is 27.2 Å². The first kappa shape index (κ1) is 18.7. The van der Waals surface area contributed by atoms with Gasteiger partial charge in [0.15, 0.2) is 0 Å². The number of H-pyrrole nitrogens is 1. The predicted molar refractivity (Wildman–Crippen MR) is 117 cm³/mol. The molecule has 0 aliphatic rings. The molecule has 4 rings (SSSR count). The fourth-order valence-corrected chi connectivity index (χ4v) is 3.31. The average Bonchev–Trinajstić information content (AvgIpc) is 3.17. The summed E-state index contributed by atoms with van der Waals surface area (Å²) in [6.07, 6.45) is 4.43. The minimum atomic E-state index is -0.163. The quantitative estimate of drug-likeness (QED) is 0.441. The van der Waals surface area contributed by atoms with E-state index in [-0.39, 0.29) is 5.91 Å². The van der Waals surface area contributed by atoms with Crippen LogP contribution in [0.15, 0.2) is 73.1 Å². The van der Waals surface area contributed by atoms with E-state index in [9.17, 15) is 4.79 Å². The van der Waals surface area contributed by atoms with Gasteiger partial charge in [-0.15, -0.1) is 0 Å². The number of nitrogens with zero attached hydrogens (tertiary/aromatic N) is 1. The minimum Gasteiger partial charge on any atom is -0.381 e. The van der Waals surface area contributed by atoms with Gasteiger partial charge in [-0.05, 0) is 42.7 Å². The molecule has 5 heteroatoms. The number of benzene rings is 2. The van der Waals surface area contributed by atoms with E-state index in [1.165, 1.54) is 22.1 Å². The molecule has 4 aromatic rings. The van der Waals surface area contributed by atoms with Crippen molar-refractivity contribution in [1.82, 2.24) is 15.3 Å². The zero-order valence-electron chi connectivity index (χ0n) is 16.4. The van der Waals surface area contributed by atoms with Crippen LogP contribution in [0.3, 0.4) is 0 Å². The lowest BCUT2D eigenvalue weighted by Crippen LogP contribution is -2.26. The Morgan fingerprint density at radius 2 is 1.90 bits per heavy atom. The first-order valence-corrected chi connectivity index (χ1v) is 9.78. The second-order valence-corrected chi connectivity index (χ2v) is 7.13. The van der Waals surface area contributed by atoms with E-state index in [1.807, 2.05) is 24.4 Å². The molecule has 0 saturated carbocycles. The van der Waals surface area contributed by atoms with Crippen molar-refractivity contribution >= 4 is 22.5 Å². The number of hydrogen-bond acceptors (Lipinski definition) is 3. The molecule has 146 valence electrons. The monoisotopic (exact) mass is 384 g/mol. The van der Waals surface area contributed by atoms with Crippen LogP contribution in [0.4, 0.5) is 5.69 Å². The Morgan fingerprint density at radius 3 is 2.76 bits per heavy atom. The summed E-state index contributed by atoms with van der Waals surface area (Å²) in [4.78, 5) is 20.0. The fraction of sp³-hybridized carbons (Fsp3) is 0.167. The minimum absolute atomic E-state index is 0.163. The summed E-state index contributed by atoms with van der Waals surface area (Å²) >= 11 is 0. The van der Waals surface area contributed by atoms with E-state index in [1.54, 1.807) is 12.3 Å². The maximum Gasteiger partial charge on any atom is 0.269 e. The number of hydrogen-bond donors (Lipinski definition) is 3.